The van der Waals surface area contributed by atoms with Gasteiger partial charge in [-0.2, -0.15) is 0 Å². The van der Waals surface area contributed by atoms with E-state index < -0.39 is 0 Å². The number of nitrogens with zero attached hydrogens (tertiary/aromatic N) is 1. The number of aromatic nitrogens is 2. The van der Waals surface area contributed by atoms with Gasteiger partial charge in [0.15, 0.2) is 0 Å². The van der Waals surface area contributed by atoms with Crippen LogP contribution in [-0.4, -0.2) is 9.97 Å². The third-order valence-corrected chi connectivity index (χ3v) is 3.24. The summed E-state index contributed by atoms with van der Waals surface area (Å²) in [6.07, 6.45) is 1.67. The number of hydrogen-bond donors (Lipinski definition) is 3. The number of rotatable bonds is 2. The van der Waals surface area contributed by atoms with Gasteiger partial charge in [0.1, 0.15) is 5.82 Å². The number of nitrogens with one attached hydrogen (secondary N) is 2. The Labute approximate surface area is 111 Å². The lowest BCUT2D eigenvalue weighted by molar-refractivity contribution is 1.24. The molecule has 0 saturated carbocycles. The van der Waals surface area contributed by atoms with Gasteiger partial charge in [-0.3, -0.25) is 0 Å². The Morgan fingerprint density at radius 2 is 2.00 bits per heavy atom. The van der Waals surface area contributed by atoms with Crippen LogP contribution >= 0.6 is 0 Å². The molecule has 0 atom stereocenters. The minimum absolute atomic E-state index is 0.679. The second kappa shape index (κ2) is 4.31. The highest BCUT2D eigenvalue weighted by Gasteiger charge is 2.09. The maximum absolute atomic E-state index is 5.72. The molecule has 0 aliphatic carbocycles. The fourth-order valence-electron chi connectivity index (χ4n) is 2.28. The average Bonchev–Trinajstić information content (AvgIpc) is 2.69. The van der Waals surface area contributed by atoms with Gasteiger partial charge in [0, 0.05) is 16.6 Å². The van der Waals surface area contributed by atoms with Crippen LogP contribution in [0.5, 0.6) is 0 Å². The van der Waals surface area contributed by atoms with Crippen molar-refractivity contribution in [1.29, 1.82) is 0 Å². The number of fused-ring (bicyclic) bond motifs is 1. The molecule has 0 bridgehead atoms. The lowest BCUT2D eigenvalue weighted by atomic mass is 10.2. The number of pyridine rings is 1. The molecule has 19 heavy (non-hydrogen) atoms. The first kappa shape index (κ1) is 11.6. The molecular formula is C15H16N4. The van der Waals surface area contributed by atoms with Crippen molar-refractivity contribution in [2.24, 2.45) is 0 Å². The molecule has 96 valence electrons. The number of anilines is 3. The minimum atomic E-state index is 0.679. The third kappa shape index (κ3) is 2.01. The summed E-state index contributed by atoms with van der Waals surface area (Å²) in [7, 11) is 0. The summed E-state index contributed by atoms with van der Waals surface area (Å²) in [6.45, 7) is 4.05. The van der Waals surface area contributed by atoms with Crippen molar-refractivity contribution >= 4 is 28.1 Å². The van der Waals surface area contributed by atoms with Crippen LogP contribution in [0.15, 0.2) is 36.5 Å². The summed E-state index contributed by atoms with van der Waals surface area (Å²) in [4.78, 5) is 7.71. The predicted molar refractivity (Wildman–Crippen MR) is 79.7 cm³/mol. The summed E-state index contributed by atoms with van der Waals surface area (Å²) in [6, 6.07) is 10.1. The standard InChI is InChI=1S/C15H16N4/c1-9-7-11(16)8-17-15(9)19-14-10(2)18-13-6-4-3-5-12(13)14/h3-8,18H,16H2,1-2H3,(H,17,19). The van der Waals surface area contributed by atoms with E-state index in [9.17, 15) is 0 Å². The molecule has 2 aromatic heterocycles. The van der Waals surface area contributed by atoms with Gasteiger partial charge in [-0.05, 0) is 31.5 Å². The van der Waals surface area contributed by atoms with Gasteiger partial charge in [0.25, 0.3) is 0 Å². The highest BCUT2D eigenvalue weighted by atomic mass is 15.0. The zero-order valence-corrected chi connectivity index (χ0v) is 11.0. The number of H-pyrrole nitrogens is 1. The molecule has 0 fully saturated rings. The molecule has 4 heteroatoms. The first-order valence-electron chi connectivity index (χ1n) is 6.21. The fraction of sp³-hybridized carbons (Fsp3) is 0.133. The van der Waals surface area contributed by atoms with Crippen molar-refractivity contribution in [2.45, 2.75) is 13.8 Å². The second-order valence-electron chi connectivity index (χ2n) is 4.73. The van der Waals surface area contributed by atoms with Crippen LogP contribution in [-0.2, 0) is 0 Å². The van der Waals surface area contributed by atoms with E-state index in [1.165, 1.54) is 0 Å². The largest absolute Gasteiger partial charge is 0.397 e. The van der Waals surface area contributed by atoms with E-state index in [1.807, 2.05) is 25.1 Å². The number of hydrogen-bond acceptors (Lipinski definition) is 3. The fourth-order valence-corrected chi connectivity index (χ4v) is 2.28. The molecule has 0 amide bonds. The molecule has 0 unspecified atom stereocenters. The van der Waals surface area contributed by atoms with Crippen LogP contribution in [0.2, 0.25) is 0 Å². The Bertz CT molecular complexity index is 743. The van der Waals surface area contributed by atoms with Crippen molar-refractivity contribution in [3.63, 3.8) is 0 Å². The van der Waals surface area contributed by atoms with Crippen molar-refractivity contribution in [2.75, 3.05) is 11.1 Å². The van der Waals surface area contributed by atoms with E-state index in [0.717, 1.165) is 33.7 Å². The van der Waals surface area contributed by atoms with Crippen LogP contribution in [0, 0.1) is 13.8 Å². The normalized spacial score (nSPS) is 10.8. The molecule has 0 radical (unpaired) electrons. The van der Waals surface area contributed by atoms with E-state index in [2.05, 4.69) is 34.3 Å². The van der Waals surface area contributed by atoms with E-state index in [-0.39, 0.29) is 0 Å². The van der Waals surface area contributed by atoms with Gasteiger partial charge in [0.2, 0.25) is 0 Å². The summed E-state index contributed by atoms with van der Waals surface area (Å²) in [5.41, 5.74) is 10.7. The topological polar surface area (TPSA) is 66.7 Å². The van der Waals surface area contributed by atoms with Gasteiger partial charge in [-0.1, -0.05) is 18.2 Å². The van der Waals surface area contributed by atoms with Crippen LogP contribution in [0.25, 0.3) is 10.9 Å². The molecule has 4 nitrogen and oxygen atoms in total. The quantitative estimate of drug-likeness (QED) is 0.654. The van der Waals surface area contributed by atoms with E-state index in [4.69, 9.17) is 5.73 Å². The molecule has 0 saturated heterocycles. The summed E-state index contributed by atoms with van der Waals surface area (Å²) in [5.74, 6) is 0.835. The lowest BCUT2D eigenvalue weighted by Gasteiger charge is -2.09. The summed E-state index contributed by atoms with van der Waals surface area (Å²) < 4.78 is 0. The van der Waals surface area contributed by atoms with Crippen LogP contribution in [0.3, 0.4) is 0 Å². The lowest BCUT2D eigenvalue weighted by Crippen LogP contribution is -1.98. The molecule has 1 aromatic carbocycles. The van der Waals surface area contributed by atoms with E-state index in [1.54, 1.807) is 6.20 Å². The average molecular weight is 252 g/mol. The molecule has 4 N–H and O–H groups in total. The maximum Gasteiger partial charge on any atom is 0.133 e. The highest BCUT2D eigenvalue weighted by molar-refractivity contribution is 5.95. The summed E-state index contributed by atoms with van der Waals surface area (Å²) >= 11 is 0. The Hall–Kier alpha value is -2.49. The maximum atomic E-state index is 5.72. The smallest absolute Gasteiger partial charge is 0.133 e. The third-order valence-electron chi connectivity index (χ3n) is 3.24. The molecule has 0 aliphatic rings. The van der Waals surface area contributed by atoms with Crippen molar-refractivity contribution in [3.8, 4) is 0 Å². The Morgan fingerprint density at radius 3 is 2.79 bits per heavy atom. The van der Waals surface area contributed by atoms with Crippen LogP contribution in [0.4, 0.5) is 17.2 Å². The molecular weight excluding hydrogens is 236 g/mol. The summed E-state index contributed by atoms with van der Waals surface area (Å²) in [5, 5.41) is 4.56. The van der Waals surface area contributed by atoms with Gasteiger partial charge >= 0.3 is 0 Å². The predicted octanol–water partition coefficient (Wildman–Crippen LogP) is 3.51. The number of benzene rings is 1. The number of para-hydroxylation sites is 1. The van der Waals surface area contributed by atoms with Crippen molar-refractivity contribution in [1.82, 2.24) is 9.97 Å². The van der Waals surface area contributed by atoms with E-state index in [0.29, 0.717) is 5.69 Å². The van der Waals surface area contributed by atoms with Gasteiger partial charge in [-0.25, -0.2) is 4.98 Å². The van der Waals surface area contributed by atoms with E-state index >= 15 is 0 Å². The molecule has 2 heterocycles. The van der Waals surface area contributed by atoms with Gasteiger partial charge < -0.3 is 16.0 Å². The SMILES string of the molecule is Cc1cc(N)cnc1Nc1c(C)[nH]c2ccccc12. The molecule has 0 spiro atoms. The van der Waals surface area contributed by atoms with Crippen molar-refractivity contribution < 1.29 is 0 Å². The molecule has 3 rings (SSSR count). The van der Waals surface area contributed by atoms with Crippen LogP contribution in [0.1, 0.15) is 11.3 Å². The number of nitrogens with two attached hydrogens (primary N) is 1. The van der Waals surface area contributed by atoms with Gasteiger partial charge in [0.05, 0.1) is 17.6 Å². The zero-order chi connectivity index (χ0) is 13.4. The minimum Gasteiger partial charge on any atom is -0.397 e. The van der Waals surface area contributed by atoms with Crippen LogP contribution < -0.4 is 11.1 Å². The number of aromatic amines is 1. The zero-order valence-electron chi connectivity index (χ0n) is 11.0. The Morgan fingerprint density at radius 1 is 1.21 bits per heavy atom. The highest BCUT2D eigenvalue weighted by Crippen LogP contribution is 2.30. The molecule has 3 aromatic rings. The first-order chi connectivity index (χ1) is 9.15. The Kier molecular flexibility index (Phi) is 2.63. The number of aryl methyl sites for hydroxylation is 2. The Balaban J connectivity index is 2.08. The monoisotopic (exact) mass is 252 g/mol. The molecule has 0 aliphatic heterocycles. The number of nitrogen functional groups attached to an aromatic ring is 1. The van der Waals surface area contributed by atoms with Crippen molar-refractivity contribution in [3.05, 3.63) is 47.8 Å². The van der Waals surface area contributed by atoms with Gasteiger partial charge in [-0.15, -0.1) is 0 Å². The first-order valence-corrected chi connectivity index (χ1v) is 6.21. The second-order valence-corrected chi connectivity index (χ2v) is 4.73.